The van der Waals surface area contributed by atoms with Crippen LogP contribution in [0, 0.1) is 0 Å². The molecule has 6 heteroatoms. The van der Waals surface area contributed by atoms with Gasteiger partial charge in [-0.1, -0.05) is 30.3 Å². The van der Waals surface area contributed by atoms with Gasteiger partial charge in [-0.2, -0.15) is 0 Å². The van der Waals surface area contributed by atoms with Gasteiger partial charge in [0, 0.05) is 32.3 Å². The summed E-state index contributed by atoms with van der Waals surface area (Å²) in [5, 5.41) is 3.14. The smallest absolute Gasteiger partial charge is 0.322 e. The van der Waals surface area contributed by atoms with Crippen molar-refractivity contribution < 1.29 is 14.4 Å². The van der Waals surface area contributed by atoms with Crippen LogP contribution in [-0.4, -0.2) is 60.2 Å². The highest BCUT2D eigenvalue weighted by molar-refractivity contribution is 6.04. The predicted octanol–water partition coefficient (Wildman–Crippen LogP) is 1.05. The fourth-order valence-corrected chi connectivity index (χ4v) is 2.32. The van der Waals surface area contributed by atoms with E-state index in [1.807, 2.05) is 30.3 Å². The second kappa shape index (κ2) is 8.24. The maximum absolute atomic E-state index is 12.5. The van der Waals surface area contributed by atoms with Gasteiger partial charge in [0.05, 0.1) is 0 Å². The van der Waals surface area contributed by atoms with Gasteiger partial charge in [0.2, 0.25) is 6.29 Å². The Bertz CT molecular complexity index is 580. The molecular formula is C17H20N3O3. The van der Waals surface area contributed by atoms with Crippen molar-refractivity contribution in [2.24, 2.45) is 0 Å². The molecule has 0 aromatic heterocycles. The van der Waals surface area contributed by atoms with Crippen LogP contribution in [0.3, 0.4) is 0 Å². The first kappa shape index (κ1) is 16.9. The molecule has 1 fully saturated rings. The zero-order chi connectivity index (χ0) is 16.7. The van der Waals surface area contributed by atoms with Gasteiger partial charge in [-0.15, -0.1) is 0 Å². The van der Waals surface area contributed by atoms with E-state index in [2.05, 4.69) is 5.32 Å². The lowest BCUT2D eigenvalue weighted by Gasteiger charge is -2.33. The molecule has 1 aliphatic rings. The van der Waals surface area contributed by atoms with Crippen molar-refractivity contribution >= 4 is 24.3 Å². The van der Waals surface area contributed by atoms with Crippen LogP contribution in [0.1, 0.15) is 12.5 Å². The standard InChI is InChI=1S/C17H20N3O3/c1-14(13-21)20(17(23)19-11-9-18-10-12-19)16(22)8-7-15-5-3-2-4-6-15/h2-8,14,18H,9-12H2,1H3. The molecule has 0 bridgehead atoms. The molecule has 1 heterocycles. The lowest BCUT2D eigenvalue weighted by Crippen LogP contribution is -2.55. The Morgan fingerprint density at radius 1 is 1.26 bits per heavy atom. The molecule has 2 rings (SSSR count). The maximum Gasteiger partial charge on any atom is 0.327 e. The topological polar surface area (TPSA) is 69.7 Å². The molecule has 6 nitrogen and oxygen atoms in total. The molecule has 1 aliphatic heterocycles. The van der Waals surface area contributed by atoms with Crippen molar-refractivity contribution in [1.29, 1.82) is 0 Å². The minimum Gasteiger partial charge on any atom is -0.322 e. The molecule has 1 saturated heterocycles. The molecule has 1 unspecified atom stereocenters. The van der Waals surface area contributed by atoms with Gasteiger partial charge in [-0.25, -0.2) is 9.69 Å². The van der Waals surface area contributed by atoms with Crippen molar-refractivity contribution in [3.63, 3.8) is 0 Å². The number of amides is 3. The minimum absolute atomic E-state index is 0.454. The number of rotatable bonds is 4. The van der Waals surface area contributed by atoms with Crippen molar-refractivity contribution in [2.75, 3.05) is 26.2 Å². The molecule has 3 amide bonds. The average Bonchev–Trinajstić information content (AvgIpc) is 2.61. The number of nitrogens with one attached hydrogen (secondary N) is 1. The van der Waals surface area contributed by atoms with E-state index in [1.165, 1.54) is 13.0 Å². The van der Waals surface area contributed by atoms with E-state index >= 15 is 0 Å². The normalized spacial score (nSPS) is 16.1. The Kier molecular flexibility index (Phi) is 6.05. The summed E-state index contributed by atoms with van der Waals surface area (Å²) in [5.41, 5.74) is 0.846. The third-order valence-electron chi connectivity index (χ3n) is 3.61. The van der Waals surface area contributed by atoms with Crippen molar-refractivity contribution in [3.05, 3.63) is 42.0 Å². The molecule has 23 heavy (non-hydrogen) atoms. The summed E-state index contributed by atoms with van der Waals surface area (Å²) in [7, 11) is 0. The lowest BCUT2D eigenvalue weighted by atomic mass is 10.2. The zero-order valence-corrected chi connectivity index (χ0v) is 13.1. The average molecular weight is 314 g/mol. The summed E-state index contributed by atoms with van der Waals surface area (Å²) < 4.78 is 0. The number of piperazine rings is 1. The Morgan fingerprint density at radius 2 is 1.91 bits per heavy atom. The number of benzene rings is 1. The Hall–Kier alpha value is -2.47. The Labute approximate surface area is 135 Å². The summed E-state index contributed by atoms with van der Waals surface area (Å²) in [5.74, 6) is -0.520. The summed E-state index contributed by atoms with van der Waals surface area (Å²) in [6.45, 7) is 3.86. The van der Waals surface area contributed by atoms with Crippen LogP contribution in [-0.2, 0) is 9.59 Å². The molecule has 1 atom stereocenters. The third-order valence-corrected chi connectivity index (χ3v) is 3.61. The Balaban J connectivity index is 2.13. The zero-order valence-electron chi connectivity index (χ0n) is 13.1. The molecule has 1 N–H and O–H groups in total. The van der Waals surface area contributed by atoms with Crippen LogP contribution >= 0.6 is 0 Å². The number of urea groups is 1. The van der Waals surface area contributed by atoms with E-state index in [0.29, 0.717) is 26.2 Å². The molecule has 1 aromatic rings. The fraction of sp³-hybridized carbons (Fsp3) is 0.353. The second-order valence-corrected chi connectivity index (χ2v) is 5.27. The van der Waals surface area contributed by atoms with Gasteiger partial charge < -0.3 is 10.2 Å². The summed E-state index contributed by atoms with van der Waals surface area (Å²) in [4.78, 5) is 38.5. The van der Waals surface area contributed by atoms with Crippen LogP contribution in [0.25, 0.3) is 6.08 Å². The summed E-state index contributed by atoms with van der Waals surface area (Å²) in [6.07, 6.45) is 4.65. The second-order valence-electron chi connectivity index (χ2n) is 5.27. The molecule has 121 valence electrons. The SMILES string of the molecule is CC([C]=O)N(C(=O)C=Cc1ccccc1)C(=O)N1CCNCC1. The van der Waals surface area contributed by atoms with Gasteiger partial charge in [0.1, 0.15) is 6.04 Å². The van der Waals surface area contributed by atoms with E-state index in [-0.39, 0.29) is 0 Å². The number of imide groups is 1. The highest BCUT2D eigenvalue weighted by Crippen LogP contribution is 2.08. The van der Waals surface area contributed by atoms with Crippen LogP contribution in [0.5, 0.6) is 0 Å². The summed E-state index contributed by atoms with van der Waals surface area (Å²) >= 11 is 0. The first-order chi connectivity index (χ1) is 11.1. The maximum atomic E-state index is 12.5. The fourth-order valence-electron chi connectivity index (χ4n) is 2.32. The predicted molar refractivity (Wildman–Crippen MR) is 87.3 cm³/mol. The monoisotopic (exact) mass is 314 g/mol. The van der Waals surface area contributed by atoms with Gasteiger partial charge in [-0.05, 0) is 18.6 Å². The van der Waals surface area contributed by atoms with E-state index in [0.717, 1.165) is 10.5 Å². The first-order valence-electron chi connectivity index (χ1n) is 7.57. The highest BCUT2D eigenvalue weighted by atomic mass is 16.2. The van der Waals surface area contributed by atoms with E-state index in [9.17, 15) is 14.4 Å². The largest absolute Gasteiger partial charge is 0.327 e. The molecule has 1 aromatic carbocycles. The van der Waals surface area contributed by atoms with Crippen molar-refractivity contribution in [1.82, 2.24) is 15.1 Å². The first-order valence-corrected chi connectivity index (χ1v) is 7.57. The number of hydrogen-bond donors (Lipinski definition) is 1. The molecule has 1 radical (unpaired) electrons. The number of nitrogens with zero attached hydrogens (tertiary/aromatic N) is 2. The van der Waals surface area contributed by atoms with E-state index < -0.39 is 18.0 Å². The summed E-state index contributed by atoms with van der Waals surface area (Å²) in [6, 6.07) is 7.91. The minimum atomic E-state index is -0.926. The Morgan fingerprint density at radius 3 is 2.52 bits per heavy atom. The third kappa shape index (κ3) is 4.50. The highest BCUT2D eigenvalue weighted by Gasteiger charge is 2.30. The molecule has 0 spiro atoms. The van der Waals surface area contributed by atoms with Crippen LogP contribution in [0.15, 0.2) is 36.4 Å². The van der Waals surface area contributed by atoms with Crippen LogP contribution in [0.4, 0.5) is 4.79 Å². The quantitative estimate of drug-likeness (QED) is 0.844. The lowest BCUT2D eigenvalue weighted by molar-refractivity contribution is -0.124. The van der Waals surface area contributed by atoms with Crippen molar-refractivity contribution in [3.8, 4) is 0 Å². The van der Waals surface area contributed by atoms with E-state index in [1.54, 1.807) is 17.3 Å². The van der Waals surface area contributed by atoms with Gasteiger partial charge in [0.25, 0.3) is 5.91 Å². The molecule has 0 saturated carbocycles. The molecular weight excluding hydrogens is 294 g/mol. The van der Waals surface area contributed by atoms with Crippen LogP contribution in [0.2, 0.25) is 0 Å². The van der Waals surface area contributed by atoms with Gasteiger partial charge in [-0.3, -0.25) is 9.59 Å². The number of carbonyl (C=O) groups excluding carboxylic acids is 3. The van der Waals surface area contributed by atoms with Crippen LogP contribution < -0.4 is 5.32 Å². The van der Waals surface area contributed by atoms with Gasteiger partial charge >= 0.3 is 6.03 Å². The number of carbonyl (C=O) groups is 2. The van der Waals surface area contributed by atoms with Gasteiger partial charge in [0.15, 0.2) is 0 Å². The number of hydrogen-bond acceptors (Lipinski definition) is 4. The van der Waals surface area contributed by atoms with E-state index in [4.69, 9.17) is 0 Å². The van der Waals surface area contributed by atoms with Crippen molar-refractivity contribution in [2.45, 2.75) is 13.0 Å². The molecule has 0 aliphatic carbocycles.